The van der Waals surface area contributed by atoms with Crippen molar-refractivity contribution in [3.05, 3.63) is 62.1 Å². The number of benzene rings is 2. The van der Waals surface area contributed by atoms with Crippen molar-refractivity contribution >= 4 is 73.9 Å². The van der Waals surface area contributed by atoms with E-state index in [0.29, 0.717) is 15.6 Å². The predicted octanol–water partition coefficient (Wildman–Crippen LogP) is 5.93. The molecule has 1 unspecified atom stereocenters. The molecule has 2 aromatic rings. The summed E-state index contributed by atoms with van der Waals surface area (Å²) in [7, 11) is -3.94. The van der Waals surface area contributed by atoms with Crippen LogP contribution in [0.2, 0.25) is 20.1 Å². The van der Waals surface area contributed by atoms with Crippen LogP contribution in [0.3, 0.4) is 0 Å². The Morgan fingerprint density at radius 3 is 2.30 bits per heavy atom. The number of nitrogens with zero attached hydrogens (tertiary/aromatic N) is 2. The Bertz CT molecular complexity index is 1250. The molecule has 0 bridgehead atoms. The molecule has 2 amide bonds. The van der Waals surface area contributed by atoms with Crippen LogP contribution in [-0.2, 0) is 26.2 Å². The summed E-state index contributed by atoms with van der Waals surface area (Å²) in [6, 6.07) is 8.59. The normalized spacial score (nSPS) is 15.2. The first-order valence-corrected chi connectivity index (χ1v) is 15.2. The summed E-state index contributed by atoms with van der Waals surface area (Å²) in [6.45, 7) is 1.04. The maximum Gasteiger partial charge on any atom is 0.244 e. The number of sulfonamides is 1. The molecule has 1 N–H and O–H groups in total. The molecule has 0 spiro atoms. The molecule has 1 atom stereocenters. The van der Waals surface area contributed by atoms with Gasteiger partial charge >= 0.3 is 0 Å². The average molecular weight is 609 g/mol. The van der Waals surface area contributed by atoms with Crippen LogP contribution in [-0.4, -0.2) is 50.0 Å². The van der Waals surface area contributed by atoms with Gasteiger partial charge in [-0.1, -0.05) is 77.8 Å². The summed E-state index contributed by atoms with van der Waals surface area (Å²) in [5, 5.41) is 3.84. The lowest BCUT2D eigenvalue weighted by molar-refractivity contribution is -0.139. The lowest BCUT2D eigenvalue weighted by atomic mass is 9.95. The van der Waals surface area contributed by atoms with Gasteiger partial charge in [-0.05, 0) is 49.6 Å². The smallest absolute Gasteiger partial charge is 0.244 e. The molecule has 37 heavy (non-hydrogen) atoms. The van der Waals surface area contributed by atoms with E-state index in [4.69, 9.17) is 46.4 Å². The van der Waals surface area contributed by atoms with Gasteiger partial charge in [-0.2, -0.15) is 0 Å². The van der Waals surface area contributed by atoms with Crippen molar-refractivity contribution in [3.8, 4) is 0 Å². The largest absolute Gasteiger partial charge is 0.352 e. The third-order valence-corrected chi connectivity index (χ3v) is 9.01. The second kappa shape index (κ2) is 12.9. The predicted molar refractivity (Wildman–Crippen MR) is 150 cm³/mol. The van der Waals surface area contributed by atoms with Crippen LogP contribution in [0.15, 0.2) is 36.4 Å². The fourth-order valence-corrected chi connectivity index (χ4v) is 5.89. The van der Waals surface area contributed by atoms with E-state index in [1.165, 1.54) is 17.0 Å². The number of nitrogens with one attached hydrogen (secondary N) is 1. The number of hydrogen-bond acceptors (Lipinski definition) is 4. The van der Waals surface area contributed by atoms with E-state index < -0.39 is 28.5 Å². The van der Waals surface area contributed by atoms with E-state index in [9.17, 15) is 18.0 Å². The van der Waals surface area contributed by atoms with Crippen molar-refractivity contribution < 1.29 is 18.0 Å². The molecule has 0 saturated heterocycles. The molecule has 3 rings (SSSR count). The van der Waals surface area contributed by atoms with Crippen LogP contribution in [0, 0.1) is 0 Å². The third kappa shape index (κ3) is 7.90. The number of hydrogen-bond donors (Lipinski definition) is 1. The highest BCUT2D eigenvalue weighted by Crippen LogP contribution is 2.34. The molecule has 202 valence electrons. The lowest BCUT2D eigenvalue weighted by Crippen LogP contribution is -2.53. The van der Waals surface area contributed by atoms with E-state index in [2.05, 4.69) is 5.32 Å². The van der Waals surface area contributed by atoms with Gasteiger partial charge in [0.15, 0.2) is 0 Å². The van der Waals surface area contributed by atoms with Crippen LogP contribution in [0.4, 0.5) is 5.69 Å². The van der Waals surface area contributed by atoms with Crippen molar-refractivity contribution in [2.24, 2.45) is 0 Å². The number of carbonyl (C=O) groups excluding carboxylic acids is 2. The van der Waals surface area contributed by atoms with Gasteiger partial charge in [-0.3, -0.25) is 13.9 Å². The average Bonchev–Trinajstić information content (AvgIpc) is 2.84. The van der Waals surface area contributed by atoms with E-state index in [1.54, 1.807) is 31.2 Å². The van der Waals surface area contributed by atoms with Crippen molar-refractivity contribution in [3.63, 3.8) is 0 Å². The molecule has 0 aliphatic heterocycles. The van der Waals surface area contributed by atoms with Crippen molar-refractivity contribution in [2.45, 2.75) is 57.7 Å². The van der Waals surface area contributed by atoms with Crippen molar-refractivity contribution in [1.29, 1.82) is 0 Å². The van der Waals surface area contributed by atoms with Crippen LogP contribution >= 0.6 is 46.4 Å². The quantitative estimate of drug-likeness (QED) is 0.382. The summed E-state index contributed by atoms with van der Waals surface area (Å²) in [5.41, 5.74) is 0.700. The molecule has 1 saturated carbocycles. The first-order valence-electron chi connectivity index (χ1n) is 11.8. The molecule has 7 nitrogen and oxygen atoms in total. The zero-order chi connectivity index (χ0) is 27.3. The number of rotatable bonds is 9. The van der Waals surface area contributed by atoms with E-state index in [-0.39, 0.29) is 34.2 Å². The monoisotopic (exact) mass is 607 g/mol. The van der Waals surface area contributed by atoms with Crippen LogP contribution in [0.25, 0.3) is 0 Å². The zero-order valence-electron chi connectivity index (χ0n) is 20.5. The molecule has 1 aliphatic carbocycles. The molecule has 1 aliphatic rings. The minimum atomic E-state index is -3.94. The molecule has 1 fully saturated rings. The van der Waals surface area contributed by atoms with Gasteiger partial charge in [0.2, 0.25) is 21.8 Å². The third-order valence-electron chi connectivity index (χ3n) is 6.33. The fourth-order valence-electron chi connectivity index (χ4n) is 4.27. The van der Waals surface area contributed by atoms with Gasteiger partial charge in [0.05, 0.1) is 32.0 Å². The second-order valence-corrected chi connectivity index (χ2v) is 12.6. The van der Waals surface area contributed by atoms with E-state index in [0.717, 1.165) is 42.7 Å². The zero-order valence-corrected chi connectivity index (χ0v) is 24.4. The minimum Gasteiger partial charge on any atom is -0.352 e. The molecular weight excluding hydrogens is 580 g/mol. The van der Waals surface area contributed by atoms with Crippen LogP contribution < -0.4 is 9.62 Å². The summed E-state index contributed by atoms with van der Waals surface area (Å²) >= 11 is 24.6. The number of carbonyl (C=O) groups is 2. The topological polar surface area (TPSA) is 86.8 Å². The molecule has 0 aromatic heterocycles. The second-order valence-electron chi connectivity index (χ2n) is 9.13. The number of anilines is 1. The minimum absolute atomic E-state index is 0.00140. The Kier molecular flexibility index (Phi) is 10.4. The number of amides is 2. The Morgan fingerprint density at radius 1 is 1.00 bits per heavy atom. The lowest BCUT2D eigenvalue weighted by Gasteiger charge is -2.33. The summed E-state index contributed by atoms with van der Waals surface area (Å²) in [4.78, 5) is 28.2. The first kappa shape index (κ1) is 29.8. The van der Waals surface area contributed by atoms with Gasteiger partial charge in [0, 0.05) is 12.6 Å². The van der Waals surface area contributed by atoms with Gasteiger partial charge in [-0.15, -0.1) is 0 Å². The van der Waals surface area contributed by atoms with Crippen LogP contribution in [0.5, 0.6) is 0 Å². The molecule has 2 aromatic carbocycles. The standard InChI is InChI=1S/C25H29Cl4N3O4S/c1-16(25(34)30-18-7-4-3-5-8-18)31(14-17-11-12-19(26)21(28)13-17)23(33)15-32(37(2,35)36)22-10-6-9-20(27)24(22)29/h6,9-13,16,18H,3-5,7-8,14-15H2,1-2H3,(H,30,34). The molecule has 0 heterocycles. The Labute approximate surface area is 238 Å². The summed E-state index contributed by atoms with van der Waals surface area (Å²) in [6.07, 6.45) is 5.95. The van der Waals surface area contributed by atoms with Gasteiger partial charge in [0.1, 0.15) is 12.6 Å². The van der Waals surface area contributed by atoms with E-state index >= 15 is 0 Å². The maximum atomic E-state index is 13.7. The Hall–Kier alpha value is -1.71. The highest BCUT2D eigenvalue weighted by atomic mass is 35.5. The van der Waals surface area contributed by atoms with Crippen molar-refractivity contribution in [1.82, 2.24) is 10.2 Å². The van der Waals surface area contributed by atoms with Gasteiger partial charge in [-0.25, -0.2) is 8.42 Å². The SMILES string of the molecule is CC(C(=O)NC1CCCCC1)N(Cc1ccc(Cl)c(Cl)c1)C(=O)CN(c1cccc(Cl)c1Cl)S(C)(=O)=O. The summed E-state index contributed by atoms with van der Waals surface area (Å²) in [5.74, 6) is -0.911. The highest BCUT2D eigenvalue weighted by Gasteiger charge is 2.32. The maximum absolute atomic E-state index is 13.7. The fraction of sp³-hybridized carbons (Fsp3) is 0.440. The van der Waals surface area contributed by atoms with Crippen LogP contribution in [0.1, 0.15) is 44.6 Å². The molecule has 0 radical (unpaired) electrons. The highest BCUT2D eigenvalue weighted by molar-refractivity contribution is 7.92. The number of halogens is 4. The summed E-state index contributed by atoms with van der Waals surface area (Å²) < 4.78 is 26.3. The van der Waals surface area contributed by atoms with E-state index in [1.807, 2.05) is 0 Å². The Balaban J connectivity index is 1.92. The first-order chi connectivity index (χ1) is 17.4. The van der Waals surface area contributed by atoms with Crippen molar-refractivity contribution in [2.75, 3.05) is 17.1 Å². The van der Waals surface area contributed by atoms with Gasteiger partial charge in [0.25, 0.3) is 0 Å². The Morgan fingerprint density at radius 2 is 1.68 bits per heavy atom. The molecule has 12 heteroatoms. The van der Waals surface area contributed by atoms with Gasteiger partial charge < -0.3 is 10.2 Å². The molecular formula is C25H29Cl4N3O4S.